The summed E-state index contributed by atoms with van der Waals surface area (Å²) in [6.07, 6.45) is -0.416. The molecule has 1 N–H and O–H groups in total. The van der Waals surface area contributed by atoms with Gasteiger partial charge in [0.1, 0.15) is 12.6 Å². The SMILES string of the molecule is C=C(C)C[N+](C)(C)CC(O)CCl. The first-order valence-electron chi connectivity index (χ1n) is 4.08. The fourth-order valence-corrected chi connectivity index (χ4v) is 1.51. The Hall–Kier alpha value is -0.0500. The molecular formula is C9H19ClNO+. The molecule has 0 aliphatic carbocycles. The van der Waals surface area contributed by atoms with Crippen molar-refractivity contribution in [2.75, 3.05) is 33.1 Å². The maximum absolute atomic E-state index is 9.33. The van der Waals surface area contributed by atoms with Crippen molar-refractivity contribution in [1.29, 1.82) is 0 Å². The van der Waals surface area contributed by atoms with Gasteiger partial charge in [-0.2, -0.15) is 0 Å². The van der Waals surface area contributed by atoms with Gasteiger partial charge in [0.15, 0.2) is 0 Å². The van der Waals surface area contributed by atoms with Crippen LogP contribution >= 0.6 is 11.6 Å². The lowest BCUT2D eigenvalue weighted by Crippen LogP contribution is -2.46. The van der Waals surface area contributed by atoms with E-state index in [1.807, 2.05) is 6.92 Å². The second kappa shape index (κ2) is 4.85. The van der Waals surface area contributed by atoms with Crippen molar-refractivity contribution in [3.63, 3.8) is 0 Å². The molecule has 0 rings (SSSR count). The zero-order chi connectivity index (χ0) is 9.78. The van der Waals surface area contributed by atoms with Gasteiger partial charge in [-0.1, -0.05) is 6.58 Å². The van der Waals surface area contributed by atoms with Crippen LogP contribution in [0.25, 0.3) is 0 Å². The molecule has 1 unspecified atom stereocenters. The Labute approximate surface area is 80.0 Å². The van der Waals surface area contributed by atoms with E-state index in [1.165, 1.54) is 0 Å². The summed E-state index contributed by atoms with van der Waals surface area (Å²) < 4.78 is 0.739. The number of aliphatic hydroxyl groups is 1. The molecule has 0 aromatic carbocycles. The molecule has 12 heavy (non-hydrogen) atoms. The van der Waals surface area contributed by atoms with Gasteiger partial charge < -0.3 is 9.59 Å². The van der Waals surface area contributed by atoms with E-state index in [-0.39, 0.29) is 0 Å². The molecule has 0 aliphatic heterocycles. The summed E-state index contributed by atoms with van der Waals surface area (Å²) in [6, 6.07) is 0. The third-order valence-corrected chi connectivity index (χ3v) is 1.94. The molecule has 0 bridgehead atoms. The quantitative estimate of drug-likeness (QED) is 0.395. The molecule has 0 amide bonds. The van der Waals surface area contributed by atoms with Crippen LogP contribution in [-0.2, 0) is 0 Å². The van der Waals surface area contributed by atoms with Crippen LogP contribution in [0.1, 0.15) is 6.92 Å². The van der Waals surface area contributed by atoms with E-state index < -0.39 is 6.10 Å². The lowest BCUT2D eigenvalue weighted by atomic mass is 10.2. The third-order valence-electron chi connectivity index (χ3n) is 1.58. The molecule has 0 fully saturated rings. The lowest BCUT2D eigenvalue weighted by Gasteiger charge is -2.31. The van der Waals surface area contributed by atoms with Crippen LogP contribution in [-0.4, -0.2) is 48.8 Å². The van der Waals surface area contributed by atoms with Crippen LogP contribution in [0.3, 0.4) is 0 Å². The summed E-state index contributed by atoms with van der Waals surface area (Å²) in [6.45, 7) is 7.40. The number of hydrogen-bond donors (Lipinski definition) is 1. The molecule has 72 valence electrons. The Balaban J connectivity index is 3.94. The van der Waals surface area contributed by atoms with Crippen LogP contribution < -0.4 is 0 Å². The fraction of sp³-hybridized carbons (Fsp3) is 0.778. The Morgan fingerprint density at radius 1 is 1.58 bits per heavy atom. The van der Waals surface area contributed by atoms with Gasteiger partial charge in [0.25, 0.3) is 0 Å². The Morgan fingerprint density at radius 3 is 2.42 bits per heavy atom. The summed E-state index contributed by atoms with van der Waals surface area (Å²) >= 11 is 5.51. The van der Waals surface area contributed by atoms with Gasteiger partial charge in [-0.05, 0) is 12.5 Å². The predicted molar refractivity (Wildman–Crippen MR) is 53.4 cm³/mol. The van der Waals surface area contributed by atoms with Crippen LogP contribution in [0.5, 0.6) is 0 Å². The molecule has 0 spiro atoms. The van der Waals surface area contributed by atoms with Crippen LogP contribution in [0.4, 0.5) is 0 Å². The van der Waals surface area contributed by atoms with E-state index in [0.29, 0.717) is 12.4 Å². The summed E-state index contributed by atoms with van der Waals surface area (Å²) in [5.41, 5.74) is 1.13. The molecule has 0 aromatic heterocycles. The van der Waals surface area contributed by atoms with Crippen molar-refractivity contribution in [2.45, 2.75) is 13.0 Å². The van der Waals surface area contributed by atoms with Gasteiger partial charge in [0.2, 0.25) is 0 Å². The maximum Gasteiger partial charge on any atom is 0.116 e. The maximum atomic E-state index is 9.33. The van der Waals surface area contributed by atoms with E-state index in [1.54, 1.807) is 0 Å². The van der Waals surface area contributed by atoms with Crippen LogP contribution in [0.15, 0.2) is 12.2 Å². The summed E-state index contributed by atoms with van der Waals surface area (Å²) in [5, 5.41) is 9.33. The van der Waals surface area contributed by atoms with Gasteiger partial charge in [-0.25, -0.2) is 0 Å². The van der Waals surface area contributed by atoms with Crippen LogP contribution in [0, 0.1) is 0 Å². The number of nitrogens with zero attached hydrogens (tertiary/aromatic N) is 1. The molecule has 3 heteroatoms. The van der Waals surface area contributed by atoms with Gasteiger partial charge in [-0.3, -0.25) is 0 Å². The first-order chi connectivity index (χ1) is 5.37. The fourth-order valence-electron chi connectivity index (χ4n) is 1.41. The number of likely N-dealkylation sites (N-methyl/N-ethyl adjacent to an activating group) is 1. The second-order valence-electron chi connectivity index (χ2n) is 4.04. The average molecular weight is 193 g/mol. The van der Waals surface area contributed by atoms with Crippen molar-refractivity contribution >= 4 is 11.6 Å². The lowest BCUT2D eigenvalue weighted by molar-refractivity contribution is -0.888. The van der Waals surface area contributed by atoms with Crippen molar-refractivity contribution < 1.29 is 9.59 Å². The monoisotopic (exact) mass is 192 g/mol. The number of quaternary nitrogens is 1. The molecule has 0 aromatic rings. The largest absolute Gasteiger partial charge is 0.386 e. The average Bonchev–Trinajstić information content (AvgIpc) is 1.83. The predicted octanol–water partition coefficient (Wildman–Crippen LogP) is 1.24. The van der Waals surface area contributed by atoms with Gasteiger partial charge in [-0.15, -0.1) is 11.6 Å². The summed E-state index contributed by atoms with van der Waals surface area (Å²) in [7, 11) is 4.12. The minimum absolute atomic E-state index is 0.303. The molecule has 2 nitrogen and oxygen atoms in total. The number of aliphatic hydroxyl groups excluding tert-OH is 1. The number of halogens is 1. The standard InChI is InChI=1S/C9H19ClNO/c1-8(2)6-11(3,4)7-9(12)5-10/h9,12H,1,5-7H2,2-4H3/q+1. The van der Waals surface area contributed by atoms with Crippen molar-refractivity contribution in [2.24, 2.45) is 0 Å². The smallest absolute Gasteiger partial charge is 0.116 e. The zero-order valence-corrected chi connectivity index (χ0v) is 8.93. The number of hydrogen-bond acceptors (Lipinski definition) is 1. The molecule has 0 saturated heterocycles. The second-order valence-corrected chi connectivity index (χ2v) is 4.35. The zero-order valence-electron chi connectivity index (χ0n) is 8.18. The Bertz CT molecular complexity index is 157. The highest BCUT2D eigenvalue weighted by Gasteiger charge is 2.19. The van der Waals surface area contributed by atoms with Gasteiger partial charge >= 0.3 is 0 Å². The van der Waals surface area contributed by atoms with Crippen molar-refractivity contribution in [3.05, 3.63) is 12.2 Å². The Morgan fingerprint density at radius 2 is 2.08 bits per heavy atom. The Kier molecular flexibility index (Phi) is 4.83. The normalized spacial score (nSPS) is 14.4. The summed E-state index contributed by atoms with van der Waals surface area (Å²) in [4.78, 5) is 0. The first-order valence-corrected chi connectivity index (χ1v) is 4.61. The molecule has 0 radical (unpaired) electrons. The molecule has 0 heterocycles. The van der Waals surface area contributed by atoms with E-state index in [2.05, 4.69) is 20.7 Å². The van der Waals surface area contributed by atoms with Crippen molar-refractivity contribution in [3.8, 4) is 0 Å². The molecule has 0 saturated carbocycles. The topological polar surface area (TPSA) is 20.2 Å². The van der Waals surface area contributed by atoms with Crippen LogP contribution in [0.2, 0.25) is 0 Å². The third kappa shape index (κ3) is 5.58. The van der Waals surface area contributed by atoms with E-state index >= 15 is 0 Å². The highest BCUT2D eigenvalue weighted by atomic mass is 35.5. The first kappa shape index (κ1) is 11.9. The molecule has 1 atom stereocenters. The van der Waals surface area contributed by atoms with E-state index in [0.717, 1.165) is 16.6 Å². The van der Waals surface area contributed by atoms with E-state index in [9.17, 15) is 5.11 Å². The van der Waals surface area contributed by atoms with E-state index in [4.69, 9.17) is 11.6 Å². The van der Waals surface area contributed by atoms with Gasteiger partial charge in [0.05, 0.1) is 26.5 Å². The summed E-state index contributed by atoms with van der Waals surface area (Å²) in [5.74, 6) is 0.303. The minimum atomic E-state index is -0.416. The minimum Gasteiger partial charge on any atom is -0.386 e. The number of rotatable bonds is 5. The number of alkyl halides is 1. The van der Waals surface area contributed by atoms with Gasteiger partial charge in [0, 0.05) is 0 Å². The molecular weight excluding hydrogens is 174 g/mol. The highest BCUT2D eigenvalue weighted by molar-refractivity contribution is 6.18. The highest BCUT2D eigenvalue weighted by Crippen LogP contribution is 2.05. The van der Waals surface area contributed by atoms with Crippen molar-refractivity contribution in [1.82, 2.24) is 0 Å². The molecule has 0 aliphatic rings.